The van der Waals surface area contributed by atoms with Gasteiger partial charge in [-0.15, -0.1) is 0 Å². The molecule has 1 saturated heterocycles. The van der Waals surface area contributed by atoms with Crippen LogP contribution in [0.3, 0.4) is 0 Å². The minimum Gasteiger partial charge on any atom is -0.458 e. The maximum absolute atomic E-state index is 11.9. The molecular formula is C13H25NO3. The molecule has 1 heterocycles. The van der Waals surface area contributed by atoms with Gasteiger partial charge in [0.25, 0.3) is 0 Å². The van der Waals surface area contributed by atoms with Crippen molar-refractivity contribution in [1.82, 2.24) is 5.32 Å². The van der Waals surface area contributed by atoms with Gasteiger partial charge in [0.2, 0.25) is 0 Å². The number of hydrogen-bond acceptors (Lipinski definition) is 4. The Morgan fingerprint density at radius 3 is 2.41 bits per heavy atom. The second-order valence-corrected chi connectivity index (χ2v) is 5.52. The molecule has 0 radical (unpaired) electrons. The summed E-state index contributed by atoms with van der Waals surface area (Å²) < 4.78 is 11.2. The van der Waals surface area contributed by atoms with E-state index in [2.05, 4.69) is 5.32 Å². The van der Waals surface area contributed by atoms with Crippen LogP contribution in [-0.2, 0) is 14.3 Å². The van der Waals surface area contributed by atoms with Crippen molar-refractivity contribution in [3.05, 3.63) is 0 Å². The lowest BCUT2D eigenvalue weighted by molar-refractivity contribution is -0.173. The number of carbonyl (C=O) groups is 1. The molecule has 0 saturated carbocycles. The van der Waals surface area contributed by atoms with Gasteiger partial charge >= 0.3 is 5.97 Å². The van der Waals surface area contributed by atoms with E-state index < -0.39 is 11.7 Å². The zero-order valence-electron chi connectivity index (χ0n) is 11.4. The van der Waals surface area contributed by atoms with Crippen LogP contribution in [0.5, 0.6) is 0 Å². The molecule has 4 heteroatoms. The highest BCUT2D eigenvalue weighted by Crippen LogP contribution is 2.16. The summed E-state index contributed by atoms with van der Waals surface area (Å²) in [7, 11) is 0. The van der Waals surface area contributed by atoms with Crippen molar-refractivity contribution in [2.24, 2.45) is 0 Å². The number of esters is 1. The molecule has 1 aliphatic heterocycles. The van der Waals surface area contributed by atoms with Crippen molar-refractivity contribution in [3.63, 3.8) is 0 Å². The normalized spacial score (nSPS) is 20.0. The van der Waals surface area contributed by atoms with Crippen LogP contribution in [0, 0.1) is 0 Å². The van der Waals surface area contributed by atoms with Gasteiger partial charge in [0.15, 0.2) is 6.10 Å². The van der Waals surface area contributed by atoms with Gasteiger partial charge in [-0.1, -0.05) is 6.92 Å². The highest BCUT2D eigenvalue weighted by Gasteiger charge is 2.27. The number of ether oxygens (including phenoxy) is 2. The summed E-state index contributed by atoms with van der Waals surface area (Å²) >= 11 is 0. The second kappa shape index (κ2) is 6.36. The SMILES string of the molecule is CCC(OC1CCNCC1)C(=O)OC(C)(C)C. The standard InChI is InChI=1S/C13H25NO3/c1-5-11(12(15)17-13(2,3)4)16-10-6-8-14-9-7-10/h10-11,14H,5-9H2,1-4H3. The molecule has 0 aromatic carbocycles. The Morgan fingerprint density at radius 2 is 1.94 bits per heavy atom. The monoisotopic (exact) mass is 243 g/mol. The maximum Gasteiger partial charge on any atom is 0.335 e. The van der Waals surface area contributed by atoms with Crippen molar-refractivity contribution in [1.29, 1.82) is 0 Å². The van der Waals surface area contributed by atoms with Gasteiger partial charge in [-0.05, 0) is 53.1 Å². The van der Waals surface area contributed by atoms with Crippen LogP contribution in [0.15, 0.2) is 0 Å². The first kappa shape index (κ1) is 14.5. The van der Waals surface area contributed by atoms with Crippen molar-refractivity contribution >= 4 is 5.97 Å². The Labute approximate surface area is 104 Å². The fraction of sp³-hybridized carbons (Fsp3) is 0.923. The molecule has 0 aromatic rings. The molecule has 100 valence electrons. The second-order valence-electron chi connectivity index (χ2n) is 5.52. The van der Waals surface area contributed by atoms with Crippen LogP contribution < -0.4 is 5.32 Å². The molecule has 1 rings (SSSR count). The largest absolute Gasteiger partial charge is 0.458 e. The summed E-state index contributed by atoms with van der Waals surface area (Å²) in [6.07, 6.45) is 2.38. The van der Waals surface area contributed by atoms with E-state index in [0.717, 1.165) is 25.9 Å². The van der Waals surface area contributed by atoms with Gasteiger partial charge in [0, 0.05) is 0 Å². The third kappa shape index (κ3) is 5.50. The van der Waals surface area contributed by atoms with Crippen molar-refractivity contribution in [3.8, 4) is 0 Å². The van der Waals surface area contributed by atoms with Crippen molar-refractivity contribution in [2.75, 3.05) is 13.1 Å². The van der Waals surface area contributed by atoms with Crippen LogP contribution in [0.4, 0.5) is 0 Å². The molecule has 0 bridgehead atoms. The molecule has 1 atom stereocenters. The lowest BCUT2D eigenvalue weighted by Gasteiger charge is -2.28. The van der Waals surface area contributed by atoms with Gasteiger partial charge < -0.3 is 14.8 Å². The average molecular weight is 243 g/mol. The van der Waals surface area contributed by atoms with Crippen LogP contribution >= 0.6 is 0 Å². The molecule has 0 amide bonds. The van der Waals surface area contributed by atoms with Gasteiger partial charge in [-0.3, -0.25) is 0 Å². The van der Waals surface area contributed by atoms with Crippen LogP contribution in [0.25, 0.3) is 0 Å². The highest BCUT2D eigenvalue weighted by atomic mass is 16.6. The van der Waals surface area contributed by atoms with E-state index in [1.54, 1.807) is 0 Å². The molecule has 0 aliphatic carbocycles. The average Bonchev–Trinajstić information content (AvgIpc) is 2.24. The Morgan fingerprint density at radius 1 is 1.35 bits per heavy atom. The molecule has 0 aromatic heterocycles. The van der Waals surface area contributed by atoms with E-state index in [-0.39, 0.29) is 12.1 Å². The quantitative estimate of drug-likeness (QED) is 0.766. The van der Waals surface area contributed by atoms with Crippen molar-refractivity contribution < 1.29 is 14.3 Å². The molecule has 1 fully saturated rings. The van der Waals surface area contributed by atoms with Gasteiger partial charge in [0.05, 0.1) is 6.10 Å². The highest BCUT2D eigenvalue weighted by molar-refractivity contribution is 5.75. The summed E-state index contributed by atoms with van der Waals surface area (Å²) in [6.45, 7) is 9.52. The van der Waals surface area contributed by atoms with E-state index >= 15 is 0 Å². The van der Waals surface area contributed by atoms with Gasteiger partial charge in [-0.25, -0.2) is 4.79 Å². The topological polar surface area (TPSA) is 47.6 Å². The number of rotatable bonds is 4. The first-order valence-corrected chi connectivity index (χ1v) is 6.51. The van der Waals surface area contributed by atoms with E-state index in [1.807, 2.05) is 27.7 Å². The molecule has 0 spiro atoms. The third-order valence-electron chi connectivity index (χ3n) is 2.68. The summed E-state index contributed by atoms with van der Waals surface area (Å²) in [5.74, 6) is -0.237. The summed E-state index contributed by atoms with van der Waals surface area (Å²) in [6, 6.07) is 0. The molecular weight excluding hydrogens is 218 g/mol. The number of carbonyl (C=O) groups excluding carboxylic acids is 1. The predicted molar refractivity (Wildman–Crippen MR) is 66.9 cm³/mol. The number of nitrogens with one attached hydrogen (secondary N) is 1. The minimum absolute atomic E-state index is 0.189. The maximum atomic E-state index is 11.9. The fourth-order valence-electron chi connectivity index (χ4n) is 1.85. The Kier molecular flexibility index (Phi) is 5.40. The summed E-state index contributed by atoms with van der Waals surface area (Å²) in [5, 5.41) is 3.28. The zero-order chi connectivity index (χ0) is 12.9. The third-order valence-corrected chi connectivity index (χ3v) is 2.68. The van der Waals surface area contributed by atoms with Crippen LogP contribution in [0.2, 0.25) is 0 Å². The smallest absolute Gasteiger partial charge is 0.335 e. The predicted octanol–water partition coefficient (Wildman–Crippen LogP) is 1.88. The van der Waals surface area contributed by atoms with E-state index in [0.29, 0.717) is 6.42 Å². The van der Waals surface area contributed by atoms with E-state index in [1.165, 1.54) is 0 Å². The lowest BCUT2D eigenvalue weighted by atomic mass is 10.1. The minimum atomic E-state index is -0.442. The number of piperidine rings is 1. The van der Waals surface area contributed by atoms with Gasteiger partial charge in [0.1, 0.15) is 5.60 Å². The van der Waals surface area contributed by atoms with Gasteiger partial charge in [-0.2, -0.15) is 0 Å². The summed E-state index contributed by atoms with van der Waals surface area (Å²) in [4.78, 5) is 11.9. The Bertz CT molecular complexity index is 242. The first-order valence-electron chi connectivity index (χ1n) is 6.51. The fourth-order valence-corrected chi connectivity index (χ4v) is 1.85. The lowest BCUT2D eigenvalue weighted by Crippen LogP contribution is -2.39. The summed E-state index contributed by atoms with van der Waals surface area (Å²) in [5.41, 5.74) is -0.442. The van der Waals surface area contributed by atoms with E-state index in [9.17, 15) is 4.79 Å². The van der Waals surface area contributed by atoms with Crippen LogP contribution in [0.1, 0.15) is 47.0 Å². The van der Waals surface area contributed by atoms with E-state index in [4.69, 9.17) is 9.47 Å². The Balaban J connectivity index is 2.43. The molecule has 17 heavy (non-hydrogen) atoms. The Hall–Kier alpha value is -0.610. The number of hydrogen-bond donors (Lipinski definition) is 1. The molecule has 1 N–H and O–H groups in total. The van der Waals surface area contributed by atoms with Crippen LogP contribution in [-0.4, -0.2) is 36.9 Å². The molecule has 1 aliphatic rings. The molecule has 1 unspecified atom stereocenters. The first-order chi connectivity index (χ1) is 7.92. The molecule has 4 nitrogen and oxygen atoms in total. The zero-order valence-corrected chi connectivity index (χ0v) is 11.4. The van der Waals surface area contributed by atoms with Crippen molar-refractivity contribution in [2.45, 2.75) is 64.8 Å².